The average Bonchev–Trinajstić information content (AvgIpc) is 2.85. The largest absolute Gasteiger partial charge is 0.508 e. The van der Waals surface area contributed by atoms with Crippen LogP contribution in [-0.2, 0) is 16.1 Å². The number of carbonyl (C=O) groups excluding carboxylic acids is 1. The molecule has 0 radical (unpaired) electrons. The highest BCUT2D eigenvalue weighted by atomic mass is 16.5. The van der Waals surface area contributed by atoms with E-state index < -0.39 is 6.35 Å². The summed E-state index contributed by atoms with van der Waals surface area (Å²) in [7, 11) is 0. The van der Waals surface area contributed by atoms with Crippen molar-refractivity contribution in [1.29, 1.82) is 0 Å². The molecule has 126 valence electrons. The highest BCUT2D eigenvalue weighted by Gasteiger charge is 2.37. The first-order chi connectivity index (χ1) is 11.5. The summed E-state index contributed by atoms with van der Waals surface area (Å²) in [5.74, 6) is 0.369. The Kier molecular flexibility index (Phi) is 4.26. The third-order valence-corrected chi connectivity index (χ3v) is 3.91. The lowest BCUT2D eigenvalue weighted by Gasteiger charge is -2.27. The van der Waals surface area contributed by atoms with Gasteiger partial charge in [0.05, 0.1) is 5.69 Å². The number of aliphatic hydroxyl groups is 1. The quantitative estimate of drug-likeness (QED) is 0.831. The zero-order chi connectivity index (χ0) is 17.3. The minimum absolute atomic E-state index is 0.118. The van der Waals surface area contributed by atoms with Gasteiger partial charge in [0.2, 0.25) is 6.35 Å². The lowest BCUT2D eigenvalue weighted by atomic mass is 10.2. The maximum atomic E-state index is 11.1. The number of phenols is 1. The van der Waals surface area contributed by atoms with Gasteiger partial charge >= 0.3 is 5.97 Å². The van der Waals surface area contributed by atoms with Crippen molar-refractivity contribution in [3.63, 3.8) is 0 Å². The predicted molar refractivity (Wildman–Crippen MR) is 89.0 cm³/mol. The van der Waals surface area contributed by atoms with Crippen molar-refractivity contribution in [2.75, 3.05) is 16.3 Å². The smallest absolute Gasteiger partial charge is 0.302 e. The summed E-state index contributed by atoms with van der Waals surface area (Å²) in [6.45, 7) is 3.96. The number of ether oxygens (including phenoxy) is 1. The molecule has 1 aromatic carbocycles. The van der Waals surface area contributed by atoms with E-state index in [9.17, 15) is 15.0 Å². The number of carbonyl (C=O) groups is 1. The third-order valence-electron chi connectivity index (χ3n) is 3.91. The predicted octanol–water partition coefficient (Wildman–Crippen LogP) is 2.10. The number of aliphatic hydroxyl groups excluding tert-OH is 1. The number of benzene rings is 1. The Morgan fingerprint density at radius 2 is 2.00 bits per heavy atom. The molecule has 0 bridgehead atoms. The maximum Gasteiger partial charge on any atom is 0.302 e. The lowest BCUT2D eigenvalue weighted by Crippen LogP contribution is -2.40. The number of nitrogens with zero attached hydrogens (tertiary/aromatic N) is 3. The van der Waals surface area contributed by atoms with Gasteiger partial charge in [0, 0.05) is 30.9 Å². The van der Waals surface area contributed by atoms with Crippen LogP contribution >= 0.6 is 0 Å². The van der Waals surface area contributed by atoms with Gasteiger partial charge in [0.1, 0.15) is 12.4 Å². The molecule has 1 unspecified atom stereocenters. The van der Waals surface area contributed by atoms with Crippen LogP contribution in [0, 0.1) is 0 Å². The highest BCUT2D eigenvalue weighted by molar-refractivity contribution is 5.82. The van der Waals surface area contributed by atoms with Crippen LogP contribution in [0.15, 0.2) is 36.5 Å². The van der Waals surface area contributed by atoms with Gasteiger partial charge in [-0.15, -0.1) is 0 Å². The first-order valence-corrected chi connectivity index (χ1v) is 7.67. The SMILES string of the molecule is CCN1c2c(COC(C)=O)ccnc2N(c2ccc(O)cc2)C1O. The molecule has 2 heterocycles. The average molecular weight is 329 g/mol. The molecule has 1 atom stereocenters. The van der Waals surface area contributed by atoms with E-state index in [-0.39, 0.29) is 18.3 Å². The van der Waals surface area contributed by atoms with Crippen molar-refractivity contribution in [3.8, 4) is 5.75 Å². The number of fused-ring (bicyclic) bond motifs is 1. The van der Waals surface area contributed by atoms with Crippen molar-refractivity contribution in [2.24, 2.45) is 0 Å². The fourth-order valence-electron chi connectivity index (χ4n) is 2.82. The zero-order valence-electron chi connectivity index (χ0n) is 13.5. The van der Waals surface area contributed by atoms with Crippen LogP contribution in [0.5, 0.6) is 5.75 Å². The van der Waals surface area contributed by atoms with E-state index in [4.69, 9.17) is 4.74 Å². The van der Waals surface area contributed by atoms with Gasteiger partial charge < -0.3 is 19.8 Å². The van der Waals surface area contributed by atoms with E-state index in [0.29, 0.717) is 18.1 Å². The van der Waals surface area contributed by atoms with Crippen molar-refractivity contribution in [1.82, 2.24) is 4.98 Å². The summed E-state index contributed by atoms with van der Waals surface area (Å²) in [6.07, 6.45) is 0.692. The van der Waals surface area contributed by atoms with E-state index in [1.54, 1.807) is 46.3 Å². The van der Waals surface area contributed by atoms with Crippen LogP contribution in [0.1, 0.15) is 19.4 Å². The molecule has 0 spiro atoms. The summed E-state index contributed by atoms with van der Waals surface area (Å²) in [5.41, 5.74) is 2.22. The summed E-state index contributed by atoms with van der Waals surface area (Å²) >= 11 is 0. The number of pyridine rings is 1. The Morgan fingerprint density at radius 1 is 1.29 bits per heavy atom. The zero-order valence-corrected chi connectivity index (χ0v) is 13.5. The van der Waals surface area contributed by atoms with Gasteiger partial charge in [-0.05, 0) is 37.3 Å². The second kappa shape index (κ2) is 6.37. The molecule has 1 aliphatic rings. The van der Waals surface area contributed by atoms with Crippen molar-refractivity contribution in [2.45, 2.75) is 26.8 Å². The molecule has 7 nitrogen and oxygen atoms in total. The summed E-state index contributed by atoms with van der Waals surface area (Å²) in [5, 5.41) is 20.2. The van der Waals surface area contributed by atoms with Crippen LogP contribution in [0.2, 0.25) is 0 Å². The second-order valence-corrected chi connectivity index (χ2v) is 5.44. The normalized spacial score (nSPS) is 16.2. The molecule has 0 saturated heterocycles. The molecule has 2 N–H and O–H groups in total. The number of hydrogen-bond donors (Lipinski definition) is 2. The van der Waals surface area contributed by atoms with Gasteiger partial charge in [-0.3, -0.25) is 9.69 Å². The monoisotopic (exact) mass is 329 g/mol. The molecule has 0 saturated carbocycles. The number of rotatable bonds is 4. The maximum absolute atomic E-state index is 11.1. The van der Waals surface area contributed by atoms with Crippen LogP contribution in [0.3, 0.4) is 0 Å². The fourth-order valence-corrected chi connectivity index (χ4v) is 2.82. The third kappa shape index (κ3) is 2.74. The van der Waals surface area contributed by atoms with E-state index in [0.717, 1.165) is 11.3 Å². The summed E-state index contributed by atoms with van der Waals surface area (Å²) in [4.78, 5) is 19.0. The number of aromatic hydroxyl groups is 1. The Labute approximate surface area is 139 Å². The second-order valence-electron chi connectivity index (χ2n) is 5.44. The van der Waals surface area contributed by atoms with Crippen LogP contribution in [-0.4, -0.2) is 34.1 Å². The minimum Gasteiger partial charge on any atom is -0.508 e. The molecule has 24 heavy (non-hydrogen) atoms. The molecule has 0 fully saturated rings. The number of hydrogen-bond acceptors (Lipinski definition) is 7. The van der Waals surface area contributed by atoms with Crippen molar-refractivity contribution < 1.29 is 19.7 Å². The Morgan fingerprint density at radius 3 is 2.62 bits per heavy atom. The van der Waals surface area contributed by atoms with Gasteiger partial charge in [-0.1, -0.05) is 0 Å². The van der Waals surface area contributed by atoms with Crippen LogP contribution in [0.4, 0.5) is 17.2 Å². The highest BCUT2D eigenvalue weighted by Crippen LogP contribution is 2.44. The number of esters is 1. The Bertz CT molecular complexity index is 748. The minimum atomic E-state index is -0.930. The standard InChI is InChI=1S/C17H19N3O4/c1-3-19-15-12(10-24-11(2)21)8-9-18-16(15)20(17(19)23)13-4-6-14(22)7-5-13/h4-9,17,22-23H,3,10H2,1-2H3. The van der Waals surface area contributed by atoms with Gasteiger partial charge in [0.15, 0.2) is 5.82 Å². The fraction of sp³-hybridized carbons (Fsp3) is 0.294. The summed E-state index contributed by atoms with van der Waals surface area (Å²) < 4.78 is 5.11. The topological polar surface area (TPSA) is 86.1 Å². The van der Waals surface area contributed by atoms with E-state index >= 15 is 0 Å². The van der Waals surface area contributed by atoms with Gasteiger partial charge in [-0.2, -0.15) is 0 Å². The van der Waals surface area contributed by atoms with E-state index in [2.05, 4.69) is 4.98 Å². The van der Waals surface area contributed by atoms with Crippen LogP contribution < -0.4 is 9.80 Å². The molecule has 1 aliphatic heterocycles. The first kappa shape index (κ1) is 16.1. The molecule has 3 rings (SSSR count). The molecule has 1 aromatic heterocycles. The van der Waals surface area contributed by atoms with E-state index in [1.165, 1.54) is 6.92 Å². The molecule has 0 aliphatic carbocycles. The number of phenolic OH excluding ortho intramolecular Hbond substituents is 1. The van der Waals surface area contributed by atoms with Gasteiger partial charge in [-0.25, -0.2) is 4.98 Å². The lowest BCUT2D eigenvalue weighted by molar-refractivity contribution is -0.142. The van der Waals surface area contributed by atoms with Crippen molar-refractivity contribution >= 4 is 23.2 Å². The number of aromatic nitrogens is 1. The molecular formula is C17H19N3O4. The molecule has 2 aromatic rings. The first-order valence-electron chi connectivity index (χ1n) is 7.67. The number of anilines is 3. The molecule has 0 amide bonds. The van der Waals surface area contributed by atoms with Gasteiger partial charge in [0.25, 0.3) is 0 Å². The Hall–Kier alpha value is -2.80. The van der Waals surface area contributed by atoms with E-state index in [1.807, 2.05) is 6.92 Å². The molecular weight excluding hydrogens is 310 g/mol. The van der Waals surface area contributed by atoms with Crippen LogP contribution in [0.25, 0.3) is 0 Å². The summed E-state index contributed by atoms with van der Waals surface area (Å²) in [6, 6.07) is 8.30. The molecule has 7 heteroatoms. The van der Waals surface area contributed by atoms with Crippen molar-refractivity contribution in [3.05, 3.63) is 42.1 Å². The Balaban J connectivity index is 2.05.